The summed E-state index contributed by atoms with van der Waals surface area (Å²) in [5, 5.41) is 14.7. The molecule has 0 fully saturated rings. The van der Waals surface area contributed by atoms with Crippen LogP contribution >= 0.6 is 11.8 Å². The molecule has 1 aromatic carbocycles. The topological polar surface area (TPSA) is 68.1 Å². The summed E-state index contributed by atoms with van der Waals surface area (Å²) in [4.78, 5) is 15.9. The molecule has 1 N–H and O–H groups in total. The molecule has 1 unspecified atom stereocenters. The van der Waals surface area contributed by atoms with E-state index in [9.17, 15) is 10.1 Å². The van der Waals surface area contributed by atoms with Crippen molar-refractivity contribution < 1.29 is 4.92 Å². The lowest BCUT2D eigenvalue weighted by molar-refractivity contribution is -0.384. The summed E-state index contributed by atoms with van der Waals surface area (Å²) in [7, 11) is 0. The number of pyridine rings is 1. The number of hydrogen-bond acceptors (Lipinski definition) is 5. The van der Waals surface area contributed by atoms with E-state index >= 15 is 0 Å². The molecule has 0 aliphatic rings. The van der Waals surface area contributed by atoms with Gasteiger partial charge in [0.05, 0.1) is 11.0 Å². The van der Waals surface area contributed by atoms with Crippen molar-refractivity contribution in [1.29, 1.82) is 0 Å². The fourth-order valence-corrected chi connectivity index (χ4v) is 2.89. The number of aromatic nitrogens is 1. The number of nitro groups is 1. The molecule has 0 aliphatic heterocycles. The van der Waals surface area contributed by atoms with Crippen LogP contribution in [0.4, 0.5) is 11.5 Å². The number of anilines is 1. The van der Waals surface area contributed by atoms with Crippen molar-refractivity contribution in [3.8, 4) is 0 Å². The highest BCUT2D eigenvalue weighted by Crippen LogP contribution is 2.28. The molecule has 0 aliphatic carbocycles. The van der Waals surface area contributed by atoms with Gasteiger partial charge in [-0.3, -0.25) is 10.1 Å². The summed E-state index contributed by atoms with van der Waals surface area (Å²) >= 11 is 1.81. The Morgan fingerprint density at radius 2 is 1.86 bits per heavy atom. The Kier molecular flexibility index (Phi) is 5.38. The lowest BCUT2D eigenvalue weighted by atomic mass is 10.1. The third-order valence-electron chi connectivity index (χ3n) is 3.09. The minimum Gasteiger partial charge on any atom is -0.358 e. The molecule has 0 amide bonds. The smallest absolute Gasteiger partial charge is 0.311 e. The summed E-state index contributed by atoms with van der Waals surface area (Å²) in [6, 6.07) is 11.2. The molecule has 2 aromatic rings. The van der Waals surface area contributed by atoms with E-state index in [1.54, 1.807) is 12.3 Å². The highest BCUT2D eigenvalue weighted by atomic mass is 32.2. The fraction of sp³-hybridized carbons (Fsp3) is 0.312. The first-order chi connectivity index (χ1) is 10.5. The van der Waals surface area contributed by atoms with Crippen molar-refractivity contribution in [1.82, 2.24) is 4.98 Å². The van der Waals surface area contributed by atoms with E-state index in [4.69, 9.17) is 0 Å². The number of hydrogen-bond donors (Lipinski definition) is 1. The van der Waals surface area contributed by atoms with Gasteiger partial charge < -0.3 is 5.32 Å². The van der Waals surface area contributed by atoms with Gasteiger partial charge in [0.25, 0.3) is 0 Å². The van der Waals surface area contributed by atoms with E-state index < -0.39 is 4.92 Å². The second kappa shape index (κ2) is 7.26. The van der Waals surface area contributed by atoms with E-state index in [1.165, 1.54) is 11.0 Å². The SMILES string of the molecule is CC(C)Sc1ccc(C(C)Nc2ncccc2[N+](=O)[O-])cc1. The first-order valence-corrected chi connectivity index (χ1v) is 7.98. The summed E-state index contributed by atoms with van der Waals surface area (Å²) in [5.74, 6) is 0.292. The van der Waals surface area contributed by atoms with Gasteiger partial charge in [-0.2, -0.15) is 0 Å². The van der Waals surface area contributed by atoms with Crippen LogP contribution in [-0.4, -0.2) is 15.2 Å². The average Bonchev–Trinajstić information content (AvgIpc) is 2.47. The predicted octanol–water partition coefficient (Wildman–Crippen LogP) is 4.66. The fourth-order valence-electron chi connectivity index (χ4n) is 2.05. The summed E-state index contributed by atoms with van der Waals surface area (Å²) in [5.41, 5.74) is 1.05. The van der Waals surface area contributed by atoms with Crippen molar-refractivity contribution in [3.05, 3.63) is 58.3 Å². The van der Waals surface area contributed by atoms with E-state index in [2.05, 4.69) is 36.3 Å². The molecule has 22 heavy (non-hydrogen) atoms. The molecule has 5 nitrogen and oxygen atoms in total. The zero-order valence-electron chi connectivity index (χ0n) is 12.8. The highest BCUT2D eigenvalue weighted by Gasteiger charge is 2.16. The van der Waals surface area contributed by atoms with Crippen molar-refractivity contribution in [2.75, 3.05) is 5.32 Å². The average molecular weight is 317 g/mol. The summed E-state index contributed by atoms with van der Waals surface area (Å²) < 4.78 is 0. The van der Waals surface area contributed by atoms with Gasteiger partial charge in [0.1, 0.15) is 0 Å². The zero-order chi connectivity index (χ0) is 16.1. The third-order valence-corrected chi connectivity index (χ3v) is 4.10. The molecule has 1 aromatic heterocycles. The first-order valence-electron chi connectivity index (χ1n) is 7.10. The van der Waals surface area contributed by atoms with Crippen LogP contribution < -0.4 is 5.32 Å². The molecule has 2 rings (SSSR count). The lowest BCUT2D eigenvalue weighted by Gasteiger charge is -2.15. The molecule has 0 saturated carbocycles. The van der Waals surface area contributed by atoms with Crippen LogP contribution in [0.3, 0.4) is 0 Å². The van der Waals surface area contributed by atoms with Gasteiger partial charge in [-0.05, 0) is 30.7 Å². The van der Waals surface area contributed by atoms with Crippen molar-refractivity contribution >= 4 is 23.3 Å². The maximum absolute atomic E-state index is 11.0. The van der Waals surface area contributed by atoms with Gasteiger partial charge >= 0.3 is 5.69 Å². The molecule has 0 spiro atoms. The molecular weight excluding hydrogens is 298 g/mol. The number of thioether (sulfide) groups is 1. The quantitative estimate of drug-likeness (QED) is 0.476. The van der Waals surface area contributed by atoms with Crippen molar-refractivity contribution in [3.63, 3.8) is 0 Å². The van der Waals surface area contributed by atoms with Gasteiger partial charge in [-0.25, -0.2) is 4.98 Å². The van der Waals surface area contributed by atoms with Crippen LogP contribution in [0.5, 0.6) is 0 Å². The Labute approximate surface area is 134 Å². The Bertz CT molecular complexity index is 644. The summed E-state index contributed by atoms with van der Waals surface area (Å²) in [6.45, 7) is 6.27. The van der Waals surface area contributed by atoms with Crippen LogP contribution in [0.2, 0.25) is 0 Å². The van der Waals surface area contributed by atoms with Crippen LogP contribution in [-0.2, 0) is 0 Å². The molecule has 0 bridgehead atoms. The molecule has 6 heteroatoms. The Morgan fingerprint density at radius 1 is 1.18 bits per heavy atom. The number of nitrogens with zero attached hydrogens (tertiary/aromatic N) is 2. The maximum Gasteiger partial charge on any atom is 0.311 e. The Hall–Kier alpha value is -2.08. The van der Waals surface area contributed by atoms with Crippen LogP contribution in [0.15, 0.2) is 47.5 Å². The lowest BCUT2D eigenvalue weighted by Crippen LogP contribution is -2.09. The predicted molar refractivity (Wildman–Crippen MR) is 90.4 cm³/mol. The molecule has 1 heterocycles. The van der Waals surface area contributed by atoms with Crippen molar-refractivity contribution in [2.24, 2.45) is 0 Å². The van der Waals surface area contributed by atoms with Gasteiger partial charge in [0.2, 0.25) is 5.82 Å². The molecule has 0 saturated heterocycles. The molecular formula is C16H19N3O2S. The van der Waals surface area contributed by atoms with Gasteiger partial charge in [0.15, 0.2) is 0 Å². The van der Waals surface area contributed by atoms with E-state index in [1.807, 2.05) is 30.8 Å². The van der Waals surface area contributed by atoms with Crippen LogP contribution in [0, 0.1) is 10.1 Å². The van der Waals surface area contributed by atoms with E-state index in [0.717, 1.165) is 5.56 Å². The number of nitrogens with one attached hydrogen (secondary N) is 1. The maximum atomic E-state index is 11.0. The number of benzene rings is 1. The largest absolute Gasteiger partial charge is 0.358 e. The van der Waals surface area contributed by atoms with E-state index in [-0.39, 0.29) is 11.7 Å². The minimum atomic E-state index is -0.426. The van der Waals surface area contributed by atoms with Gasteiger partial charge in [-0.15, -0.1) is 11.8 Å². The minimum absolute atomic E-state index is 0.0127. The first kappa shape index (κ1) is 16.3. The monoisotopic (exact) mass is 317 g/mol. The third kappa shape index (κ3) is 4.21. The molecule has 0 radical (unpaired) electrons. The highest BCUT2D eigenvalue weighted by molar-refractivity contribution is 7.99. The van der Waals surface area contributed by atoms with Crippen LogP contribution in [0.25, 0.3) is 0 Å². The molecule has 1 atom stereocenters. The second-order valence-electron chi connectivity index (χ2n) is 5.23. The summed E-state index contributed by atoms with van der Waals surface area (Å²) in [6.07, 6.45) is 1.55. The standard InChI is InChI=1S/C16H19N3O2S/c1-11(2)22-14-8-6-13(7-9-14)12(3)18-16-15(19(20)21)5-4-10-17-16/h4-12H,1-3H3,(H,17,18). The number of rotatable bonds is 6. The Balaban J connectivity index is 2.12. The van der Waals surface area contributed by atoms with Crippen molar-refractivity contribution in [2.45, 2.75) is 37.0 Å². The van der Waals surface area contributed by atoms with Crippen LogP contribution in [0.1, 0.15) is 32.4 Å². The second-order valence-corrected chi connectivity index (χ2v) is 6.88. The zero-order valence-corrected chi connectivity index (χ0v) is 13.6. The van der Waals surface area contributed by atoms with Gasteiger partial charge in [0, 0.05) is 22.4 Å². The molecule has 116 valence electrons. The van der Waals surface area contributed by atoms with E-state index in [0.29, 0.717) is 11.1 Å². The van der Waals surface area contributed by atoms with Gasteiger partial charge in [-0.1, -0.05) is 26.0 Å². The normalized spacial score (nSPS) is 12.2. The Morgan fingerprint density at radius 3 is 2.45 bits per heavy atom.